The molecule has 0 fully saturated rings. The summed E-state index contributed by atoms with van der Waals surface area (Å²) in [6.45, 7) is 0. The quantitative estimate of drug-likeness (QED) is 0.179. The molecule has 8 heteroatoms. The van der Waals surface area contributed by atoms with Crippen molar-refractivity contribution in [3.8, 4) is 0 Å². The maximum Gasteiger partial charge on any atom is 0.324 e. The van der Waals surface area contributed by atoms with Crippen LogP contribution in [0.1, 0.15) is 0 Å². The number of isocyanates is 2. The molecule has 0 rings (SSSR count). The minimum absolute atomic E-state index is 0.750. The van der Waals surface area contributed by atoms with Crippen LogP contribution in [0.15, 0.2) is 0 Å². The molecule has 0 aromatic carbocycles. The highest BCUT2D eigenvalue weighted by molar-refractivity contribution is 7.38. The Labute approximate surface area is 57.0 Å². The number of nitrogens with one attached hydrogen (secondary N) is 2. The average Bonchev–Trinajstić information content (AvgIpc) is 1.65. The first-order valence-corrected chi connectivity index (χ1v) is 2.71. The lowest BCUT2D eigenvalue weighted by Gasteiger charge is -1.76. The summed E-state index contributed by atoms with van der Waals surface area (Å²) in [5, 5.41) is 10.8. The molecule has 0 aliphatic heterocycles. The molecule has 0 aromatic rings. The van der Waals surface area contributed by atoms with E-state index in [4.69, 9.17) is 35.1 Å². The summed E-state index contributed by atoms with van der Waals surface area (Å²) in [6, 6.07) is 0. The largest absolute Gasteiger partial charge is 0.328 e. The molecule has 0 spiro atoms. The molecule has 10 heavy (non-hydrogen) atoms. The summed E-state index contributed by atoms with van der Waals surface area (Å²) in [5.41, 5.74) is 0. The highest BCUT2D eigenvalue weighted by Crippen LogP contribution is 2.11. The lowest BCUT2D eigenvalue weighted by atomic mass is 11.7. The zero-order valence-corrected chi connectivity index (χ0v) is 5.50. The van der Waals surface area contributed by atoms with E-state index in [0.29, 0.717) is 0 Å². The zero-order chi connectivity index (χ0) is 8.99. The van der Waals surface area contributed by atoms with Gasteiger partial charge in [-0.15, -0.1) is 0 Å². The number of rotatable bonds is 0. The fourth-order valence-electron chi connectivity index (χ4n) is 0. The Balaban J connectivity index is -0.0000000750. The minimum Gasteiger partial charge on any atom is -0.328 e. The number of hydrogen-bond acceptors (Lipinski definition) is 7. The standard InChI is InChI=1S/2CHNO.H3O3P/c2*2-1-3;1-4(2)3/h2*2H;1-3H. The van der Waals surface area contributed by atoms with Crippen LogP contribution in [0.2, 0.25) is 0 Å². The Hall–Kier alpha value is -0.930. The lowest BCUT2D eigenvalue weighted by molar-refractivity contribution is 0.368. The third kappa shape index (κ3) is 301. The normalized spacial score (nSPS) is 5.20. The maximum absolute atomic E-state index is 8.35. The van der Waals surface area contributed by atoms with Gasteiger partial charge in [-0.1, -0.05) is 0 Å². The van der Waals surface area contributed by atoms with Crippen molar-refractivity contribution in [2.45, 2.75) is 0 Å². The van der Waals surface area contributed by atoms with Gasteiger partial charge in [-0.2, -0.15) is 0 Å². The molecule has 0 amide bonds. The van der Waals surface area contributed by atoms with Crippen LogP contribution in [0.3, 0.4) is 0 Å². The van der Waals surface area contributed by atoms with E-state index in [0.717, 1.165) is 12.2 Å². The van der Waals surface area contributed by atoms with Crippen molar-refractivity contribution >= 4 is 20.8 Å². The summed E-state index contributed by atoms with van der Waals surface area (Å²) >= 11 is 0. The second-order valence-electron chi connectivity index (χ2n) is 0.472. The minimum atomic E-state index is -2.62. The second-order valence-corrected chi connectivity index (χ2v) is 1.01. The molecule has 0 unspecified atom stereocenters. The lowest BCUT2D eigenvalue weighted by Crippen LogP contribution is -1.54. The van der Waals surface area contributed by atoms with E-state index >= 15 is 0 Å². The molecule has 58 valence electrons. The summed E-state index contributed by atoms with van der Waals surface area (Å²) in [6.07, 6.45) is 1.50. The van der Waals surface area contributed by atoms with Crippen LogP contribution in [-0.2, 0) is 9.59 Å². The molecule has 0 aliphatic rings. The molecule has 7 nitrogen and oxygen atoms in total. The smallest absolute Gasteiger partial charge is 0.324 e. The van der Waals surface area contributed by atoms with Crippen molar-refractivity contribution in [3.05, 3.63) is 0 Å². The molecule has 0 saturated carbocycles. The Morgan fingerprint density at radius 3 is 1.00 bits per heavy atom. The third-order valence-corrected chi connectivity index (χ3v) is 0. The highest BCUT2D eigenvalue weighted by Gasteiger charge is 1.76. The number of carbonyl (C=O) groups excluding carboxylic acids is 2. The van der Waals surface area contributed by atoms with Gasteiger partial charge in [0.15, 0.2) is 0 Å². The maximum atomic E-state index is 8.35. The van der Waals surface area contributed by atoms with Crippen LogP contribution in [0.4, 0.5) is 0 Å². The Bertz CT molecular complexity index is 98.1. The fraction of sp³-hybridized carbons (Fsp3) is 0. The second kappa shape index (κ2) is 24.4. The summed E-state index contributed by atoms with van der Waals surface area (Å²) in [7, 11) is -2.62. The van der Waals surface area contributed by atoms with Gasteiger partial charge in [-0.25, -0.2) is 20.4 Å². The molecule has 0 atom stereocenters. The molecular formula is C2H5N2O5P. The van der Waals surface area contributed by atoms with Crippen LogP contribution in [0.5, 0.6) is 0 Å². The van der Waals surface area contributed by atoms with Crippen LogP contribution in [0.25, 0.3) is 0 Å². The summed E-state index contributed by atoms with van der Waals surface area (Å²) in [5.74, 6) is 0. The molecule has 0 heterocycles. The SMILES string of the molecule is N=C=O.N=C=O.OP(O)O. The van der Waals surface area contributed by atoms with E-state index in [1.54, 1.807) is 0 Å². The summed E-state index contributed by atoms with van der Waals surface area (Å²) in [4.78, 5) is 38.4. The molecule has 0 aliphatic carbocycles. The van der Waals surface area contributed by atoms with Gasteiger partial charge in [0.2, 0.25) is 12.2 Å². The van der Waals surface area contributed by atoms with Gasteiger partial charge in [0.1, 0.15) is 0 Å². The predicted molar refractivity (Wildman–Crippen MR) is 30.4 cm³/mol. The Morgan fingerprint density at radius 1 is 1.00 bits per heavy atom. The third-order valence-electron chi connectivity index (χ3n) is 0. The zero-order valence-electron chi connectivity index (χ0n) is 4.61. The van der Waals surface area contributed by atoms with E-state index in [1.807, 2.05) is 0 Å². The Morgan fingerprint density at radius 2 is 1.00 bits per heavy atom. The van der Waals surface area contributed by atoms with Gasteiger partial charge < -0.3 is 14.7 Å². The van der Waals surface area contributed by atoms with Crippen molar-refractivity contribution < 1.29 is 24.3 Å². The summed E-state index contributed by atoms with van der Waals surface area (Å²) < 4.78 is 0. The van der Waals surface area contributed by atoms with Gasteiger partial charge in [-0.3, -0.25) is 0 Å². The van der Waals surface area contributed by atoms with Gasteiger partial charge in [0, 0.05) is 0 Å². The Kier molecular flexibility index (Phi) is 39.0. The molecule has 0 radical (unpaired) electrons. The van der Waals surface area contributed by atoms with Crippen molar-refractivity contribution in [2.75, 3.05) is 0 Å². The van der Waals surface area contributed by atoms with E-state index < -0.39 is 8.60 Å². The van der Waals surface area contributed by atoms with E-state index in [2.05, 4.69) is 0 Å². The van der Waals surface area contributed by atoms with Gasteiger partial charge in [0.25, 0.3) is 0 Å². The van der Waals surface area contributed by atoms with E-state index in [-0.39, 0.29) is 0 Å². The van der Waals surface area contributed by atoms with Crippen LogP contribution >= 0.6 is 8.60 Å². The van der Waals surface area contributed by atoms with Gasteiger partial charge in [-0.05, 0) is 0 Å². The van der Waals surface area contributed by atoms with Gasteiger partial charge in [0.05, 0.1) is 0 Å². The first-order valence-electron chi connectivity index (χ1n) is 1.51. The van der Waals surface area contributed by atoms with E-state index in [9.17, 15) is 0 Å². The molecule has 0 bridgehead atoms. The van der Waals surface area contributed by atoms with Crippen LogP contribution in [0, 0.1) is 10.8 Å². The van der Waals surface area contributed by atoms with Gasteiger partial charge >= 0.3 is 8.60 Å². The molecule has 0 saturated heterocycles. The van der Waals surface area contributed by atoms with Crippen LogP contribution in [-0.4, -0.2) is 26.8 Å². The molecule has 5 N–H and O–H groups in total. The average molecular weight is 168 g/mol. The first-order chi connectivity index (χ1) is 4.56. The molecule has 0 aromatic heterocycles. The van der Waals surface area contributed by atoms with Crippen molar-refractivity contribution in [2.24, 2.45) is 0 Å². The first kappa shape index (κ1) is 16.0. The van der Waals surface area contributed by atoms with Crippen molar-refractivity contribution in [1.82, 2.24) is 0 Å². The van der Waals surface area contributed by atoms with Crippen LogP contribution < -0.4 is 0 Å². The van der Waals surface area contributed by atoms with E-state index in [1.165, 1.54) is 0 Å². The fourth-order valence-corrected chi connectivity index (χ4v) is 0. The highest BCUT2D eigenvalue weighted by atomic mass is 31.2. The predicted octanol–water partition coefficient (Wildman–Crippen LogP) is -1.01. The molecular weight excluding hydrogens is 163 g/mol. The van der Waals surface area contributed by atoms with Crippen molar-refractivity contribution in [3.63, 3.8) is 0 Å². The topological polar surface area (TPSA) is 143 Å². The monoisotopic (exact) mass is 168 g/mol. The van der Waals surface area contributed by atoms with Crippen molar-refractivity contribution in [1.29, 1.82) is 10.8 Å². The number of hydrogen-bond donors (Lipinski definition) is 5.